The summed E-state index contributed by atoms with van der Waals surface area (Å²) in [7, 11) is 0. The maximum atomic E-state index is 13.9. The Kier molecular flexibility index (Phi) is 6.03. The third-order valence-electron chi connectivity index (χ3n) is 6.08. The number of pyridine rings is 1. The molecule has 2 aliphatic heterocycles. The highest BCUT2D eigenvalue weighted by Gasteiger charge is 2.48. The Morgan fingerprint density at radius 3 is 2.79 bits per heavy atom. The van der Waals surface area contributed by atoms with Crippen molar-refractivity contribution in [2.75, 3.05) is 19.8 Å². The molecule has 0 aliphatic carbocycles. The van der Waals surface area contributed by atoms with Crippen LogP contribution in [0.25, 0.3) is 0 Å². The molecule has 8 nitrogen and oxygen atoms in total. The van der Waals surface area contributed by atoms with Gasteiger partial charge in [0, 0.05) is 44.1 Å². The molecule has 1 atom stereocenters. The zero-order chi connectivity index (χ0) is 23.8. The molecule has 2 N–H and O–H groups in total. The van der Waals surface area contributed by atoms with Gasteiger partial charge < -0.3 is 24.6 Å². The number of aromatic nitrogens is 1. The first-order valence-corrected chi connectivity index (χ1v) is 10.5. The fraction of sp³-hybridized carbons (Fsp3) is 0.348. The summed E-state index contributed by atoms with van der Waals surface area (Å²) in [5.41, 5.74) is -2.22. The lowest BCUT2D eigenvalue weighted by Gasteiger charge is -2.45. The molecule has 0 bridgehead atoms. The number of halogens is 2. The van der Waals surface area contributed by atoms with E-state index in [4.69, 9.17) is 4.74 Å². The summed E-state index contributed by atoms with van der Waals surface area (Å²) in [4.78, 5) is 40.3. The van der Waals surface area contributed by atoms with Gasteiger partial charge in [-0.05, 0) is 18.9 Å². The van der Waals surface area contributed by atoms with Crippen molar-refractivity contribution in [3.05, 3.63) is 75.7 Å². The van der Waals surface area contributed by atoms with E-state index in [2.05, 4.69) is 11.9 Å². The van der Waals surface area contributed by atoms with Gasteiger partial charge in [-0.25, -0.2) is 8.78 Å². The predicted molar refractivity (Wildman–Crippen MR) is 114 cm³/mol. The second-order valence-corrected chi connectivity index (χ2v) is 8.18. The van der Waals surface area contributed by atoms with Crippen LogP contribution in [0.15, 0.2) is 41.8 Å². The highest BCUT2D eigenvalue weighted by atomic mass is 19.1. The molecule has 174 valence electrons. The largest absolute Gasteiger partial charge is 0.503 e. The molecular formula is C23H23F2N3O5. The minimum Gasteiger partial charge on any atom is -0.503 e. The van der Waals surface area contributed by atoms with Crippen molar-refractivity contribution >= 4 is 11.8 Å². The van der Waals surface area contributed by atoms with Crippen LogP contribution in [0.3, 0.4) is 0 Å². The molecule has 1 saturated heterocycles. The summed E-state index contributed by atoms with van der Waals surface area (Å²) >= 11 is 0. The fourth-order valence-corrected chi connectivity index (χ4v) is 4.34. The molecule has 2 aromatic rings. The van der Waals surface area contributed by atoms with E-state index in [0.717, 1.165) is 6.07 Å². The number of hydrogen-bond acceptors (Lipinski definition) is 5. The van der Waals surface area contributed by atoms with E-state index >= 15 is 0 Å². The molecule has 10 heteroatoms. The van der Waals surface area contributed by atoms with Crippen LogP contribution in [-0.2, 0) is 17.8 Å². The van der Waals surface area contributed by atoms with Crippen LogP contribution in [0.1, 0.15) is 39.3 Å². The van der Waals surface area contributed by atoms with Gasteiger partial charge in [-0.2, -0.15) is 0 Å². The topological polar surface area (TPSA) is 101 Å². The SMILES string of the molecule is C=CCCN1C(=O)c2c(O)c(=O)c(C(=O)NCc3ccc(F)cc3F)cn2CC12CCOC2. The van der Waals surface area contributed by atoms with Crippen molar-refractivity contribution < 1.29 is 28.2 Å². The van der Waals surface area contributed by atoms with Crippen LogP contribution in [0.2, 0.25) is 0 Å². The summed E-state index contributed by atoms with van der Waals surface area (Å²) in [5, 5.41) is 13.0. The minimum atomic E-state index is -1.01. The number of ether oxygens (including phenoxy) is 1. The highest BCUT2D eigenvalue weighted by Crippen LogP contribution is 2.35. The molecule has 1 aromatic carbocycles. The number of benzene rings is 1. The van der Waals surface area contributed by atoms with Gasteiger partial charge >= 0.3 is 0 Å². The first-order chi connectivity index (χ1) is 15.8. The van der Waals surface area contributed by atoms with Gasteiger partial charge in [0.05, 0.1) is 12.1 Å². The normalized spacial score (nSPS) is 19.6. The van der Waals surface area contributed by atoms with Gasteiger partial charge in [-0.1, -0.05) is 12.1 Å². The van der Waals surface area contributed by atoms with Gasteiger partial charge in [-0.15, -0.1) is 6.58 Å². The van der Waals surface area contributed by atoms with Crippen LogP contribution in [0.5, 0.6) is 5.75 Å². The maximum Gasteiger partial charge on any atom is 0.275 e. The number of amides is 2. The van der Waals surface area contributed by atoms with Gasteiger partial charge in [0.1, 0.15) is 17.2 Å². The van der Waals surface area contributed by atoms with E-state index in [1.165, 1.54) is 16.8 Å². The average Bonchev–Trinajstić information content (AvgIpc) is 3.23. The average molecular weight is 459 g/mol. The second-order valence-electron chi connectivity index (χ2n) is 8.18. The monoisotopic (exact) mass is 459 g/mol. The minimum absolute atomic E-state index is 0.0297. The Morgan fingerprint density at radius 1 is 1.33 bits per heavy atom. The van der Waals surface area contributed by atoms with Crippen LogP contribution >= 0.6 is 0 Å². The molecule has 1 fully saturated rings. The molecule has 1 aromatic heterocycles. The number of rotatable bonds is 6. The number of fused-ring (bicyclic) bond motifs is 1. The highest BCUT2D eigenvalue weighted by molar-refractivity contribution is 5.99. The summed E-state index contributed by atoms with van der Waals surface area (Å²) in [5.74, 6) is -3.79. The molecule has 33 heavy (non-hydrogen) atoms. The van der Waals surface area contributed by atoms with Gasteiger partial charge in [0.2, 0.25) is 5.43 Å². The Balaban J connectivity index is 1.66. The Morgan fingerprint density at radius 2 is 2.12 bits per heavy atom. The van der Waals surface area contributed by atoms with Crippen molar-refractivity contribution in [3.8, 4) is 5.75 Å². The van der Waals surface area contributed by atoms with Crippen molar-refractivity contribution in [1.82, 2.24) is 14.8 Å². The molecular weight excluding hydrogens is 436 g/mol. The standard InChI is InChI=1S/C23H23F2N3O5/c1-2-3-7-28-22(32)18-20(30)19(29)16(11-27(18)12-23(28)6-8-33-13-23)21(31)26-10-14-4-5-15(24)9-17(14)25/h2,4-5,9,11,30H,1,3,6-8,10,12-13H2,(H,26,31). The predicted octanol–water partition coefficient (Wildman–Crippen LogP) is 1.95. The Labute approximate surface area is 188 Å². The Hall–Kier alpha value is -3.53. The smallest absolute Gasteiger partial charge is 0.275 e. The molecule has 1 unspecified atom stereocenters. The van der Waals surface area contributed by atoms with Gasteiger partial charge in [-0.3, -0.25) is 14.4 Å². The van der Waals surface area contributed by atoms with Gasteiger partial charge in [0.25, 0.3) is 11.8 Å². The molecule has 2 aliphatic rings. The Bertz CT molecular complexity index is 1190. The van der Waals surface area contributed by atoms with Crippen molar-refractivity contribution in [2.24, 2.45) is 0 Å². The second kappa shape index (κ2) is 8.78. The lowest BCUT2D eigenvalue weighted by molar-refractivity contribution is 0.0244. The van der Waals surface area contributed by atoms with Crippen LogP contribution in [-0.4, -0.2) is 51.7 Å². The number of hydrogen-bond donors (Lipinski definition) is 2. The van der Waals surface area contributed by atoms with E-state index in [9.17, 15) is 28.3 Å². The molecule has 3 heterocycles. The summed E-state index contributed by atoms with van der Waals surface area (Å²) in [6.07, 6.45) is 4.00. The van der Waals surface area contributed by atoms with Crippen LogP contribution in [0, 0.1) is 11.6 Å². The molecule has 0 radical (unpaired) electrons. The zero-order valence-corrected chi connectivity index (χ0v) is 17.8. The first kappa shape index (κ1) is 22.7. The van der Waals surface area contributed by atoms with E-state index in [1.54, 1.807) is 11.0 Å². The summed E-state index contributed by atoms with van der Waals surface area (Å²) in [6, 6.07) is 2.92. The number of nitrogens with zero attached hydrogens (tertiary/aromatic N) is 2. The number of nitrogens with one attached hydrogen (secondary N) is 1. The van der Waals surface area contributed by atoms with Crippen LogP contribution in [0.4, 0.5) is 8.78 Å². The fourth-order valence-electron chi connectivity index (χ4n) is 4.34. The number of aromatic hydroxyl groups is 1. The molecule has 4 rings (SSSR count). The lowest BCUT2D eigenvalue weighted by atomic mass is 9.91. The molecule has 0 saturated carbocycles. The quantitative estimate of drug-likeness (QED) is 0.644. The molecule has 2 amide bonds. The van der Waals surface area contributed by atoms with Gasteiger partial charge in [0.15, 0.2) is 11.4 Å². The van der Waals surface area contributed by atoms with E-state index < -0.39 is 40.2 Å². The number of carbonyl (C=O) groups is 2. The van der Waals surface area contributed by atoms with Crippen molar-refractivity contribution in [3.63, 3.8) is 0 Å². The third-order valence-corrected chi connectivity index (χ3v) is 6.08. The first-order valence-electron chi connectivity index (χ1n) is 10.5. The van der Waals surface area contributed by atoms with E-state index in [-0.39, 0.29) is 36.5 Å². The van der Waals surface area contributed by atoms with Crippen LogP contribution < -0.4 is 10.7 Å². The summed E-state index contributed by atoms with van der Waals surface area (Å²) in [6.45, 7) is 4.71. The zero-order valence-electron chi connectivity index (χ0n) is 17.8. The van der Waals surface area contributed by atoms with Crippen molar-refractivity contribution in [2.45, 2.75) is 31.5 Å². The molecule has 1 spiro atoms. The van der Waals surface area contributed by atoms with Crippen molar-refractivity contribution in [1.29, 1.82) is 0 Å². The lowest BCUT2D eigenvalue weighted by Crippen LogP contribution is -2.59. The van der Waals surface area contributed by atoms with E-state index in [1.807, 2.05) is 0 Å². The van der Waals surface area contributed by atoms with E-state index in [0.29, 0.717) is 32.1 Å². The number of carbonyl (C=O) groups excluding carboxylic acids is 2. The third kappa shape index (κ3) is 4.02. The summed E-state index contributed by atoms with van der Waals surface area (Å²) < 4.78 is 33.9. The maximum absolute atomic E-state index is 13.9.